The fourth-order valence-corrected chi connectivity index (χ4v) is 5.97. The number of anilines is 1. The van der Waals surface area contributed by atoms with Crippen LogP contribution in [-0.2, 0) is 34.1 Å². The Morgan fingerprint density at radius 2 is 1.63 bits per heavy atom. The van der Waals surface area contributed by atoms with Gasteiger partial charge in [-0.1, -0.05) is 30.7 Å². The molecule has 1 heterocycles. The Morgan fingerprint density at radius 1 is 0.900 bits per heavy atom. The van der Waals surface area contributed by atoms with E-state index in [1.54, 1.807) is 16.4 Å². The van der Waals surface area contributed by atoms with Crippen molar-refractivity contribution in [2.45, 2.75) is 62.7 Å². The third kappa shape index (κ3) is 4.76. The number of hydrogen-bond donors (Lipinski definition) is 1. The van der Waals surface area contributed by atoms with Gasteiger partial charge in [0.05, 0.1) is 4.90 Å². The topological polar surface area (TPSA) is 66.5 Å². The van der Waals surface area contributed by atoms with Gasteiger partial charge >= 0.3 is 0 Å². The maximum Gasteiger partial charge on any atom is 0.243 e. The lowest BCUT2D eigenvalue weighted by Crippen LogP contribution is -2.35. The first kappa shape index (κ1) is 21.1. The van der Waals surface area contributed by atoms with Crippen molar-refractivity contribution >= 4 is 21.6 Å². The number of rotatable bonds is 6. The Bertz CT molecular complexity index is 994. The van der Waals surface area contributed by atoms with E-state index < -0.39 is 10.0 Å². The molecule has 1 amide bonds. The fraction of sp³-hybridized carbons (Fsp3) is 0.458. The number of carbonyl (C=O) groups excluding carboxylic acids is 1. The standard InChI is InChI=1S/C24H30N2O3S/c27-24(25-23-10-6-8-20-7-2-3-9-22(20)23)16-13-19-11-14-21(15-12-19)30(28,29)26-17-4-1-5-18-26/h6,8,10-12,14-15H,1-5,7,9,13,16-18H2,(H,25,27). The molecular formula is C24H30N2O3S. The summed E-state index contributed by atoms with van der Waals surface area (Å²) in [6.07, 6.45) is 8.42. The van der Waals surface area contributed by atoms with E-state index in [2.05, 4.69) is 11.4 Å². The SMILES string of the molecule is O=C(CCc1ccc(S(=O)(=O)N2CCCCC2)cc1)Nc1cccc2c1CCCC2. The maximum atomic E-state index is 12.7. The number of carbonyl (C=O) groups is 1. The van der Waals surface area contributed by atoms with Crippen LogP contribution in [0.5, 0.6) is 0 Å². The number of hydrogen-bond acceptors (Lipinski definition) is 3. The van der Waals surface area contributed by atoms with Crippen LogP contribution in [0.1, 0.15) is 55.2 Å². The van der Waals surface area contributed by atoms with E-state index in [9.17, 15) is 13.2 Å². The summed E-state index contributed by atoms with van der Waals surface area (Å²) < 4.78 is 27.1. The molecule has 6 heteroatoms. The van der Waals surface area contributed by atoms with Crippen molar-refractivity contribution in [1.82, 2.24) is 4.31 Å². The molecule has 0 radical (unpaired) electrons. The molecule has 160 valence electrons. The van der Waals surface area contributed by atoms with Gasteiger partial charge in [-0.3, -0.25) is 4.79 Å². The summed E-state index contributed by atoms with van der Waals surface area (Å²) >= 11 is 0. The average Bonchev–Trinajstić information content (AvgIpc) is 2.79. The quantitative estimate of drug-likeness (QED) is 0.748. The fourth-order valence-electron chi connectivity index (χ4n) is 4.45. The zero-order chi connectivity index (χ0) is 21.0. The zero-order valence-corrected chi connectivity index (χ0v) is 18.2. The first-order valence-electron chi connectivity index (χ1n) is 11.0. The molecule has 1 saturated heterocycles. The summed E-state index contributed by atoms with van der Waals surface area (Å²) in [5, 5.41) is 3.08. The van der Waals surface area contributed by atoms with Crippen LogP contribution in [-0.4, -0.2) is 31.7 Å². The minimum atomic E-state index is -3.41. The molecule has 2 aromatic carbocycles. The molecule has 2 aromatic rings. The Kier molecular flexibility index (Phi) is 6.54. The molecule has 1 aliphatic heterocycles. The summed E-state index contributed by atoms with van der Waals surface area (Å²) in [5.74, 6) is -0.000937. The molecule has 0 saturated carbocycles. The number of fused-ring (bicyclic) bond motifs is 1. The van der Waals surface area contributed by atoms with Gasteiger partial charge in [0.1, 0.15) is 0 Å². The second-order valence-corrected chi connectivity index (χ2v) is 10.2. The zero-order valence-electron chi connectivity index (χ0n) is 17.4. The highest BCUT2D eigenvalue weighted by Gasteiger charge is 2.25. The van der Waals surface area contributed by atoms with Crippen LogP contribution in [0.4, 0.5) is 5.69 Å². The van der Waals surface area contributed by atoms with Gasteiger partial charge in [0.2, 0.25) is 15.9 Å². The molecular weight excluding hydrogens is 396 g/mol. The van der Waals surface area contributed by atoms with E-state index in [0.717, 1.165) is 43.4 Å². The van der Waals surface area contributed by atoms with Crippen molar-refractivity contribution in [3.05, 3.63) is 59.2 Å². The molecule has 5 nitrogen and oxygen atoms in total. The van der Waals surface area contributed by atoms with Crippen LogP contribution in [0, 0.1) is 0 Å². The molecule has 1 fully saturated rings. The highest BCUT2D eigenvalue weighted by Crippen LogP contribution is 2.28. The van der Waals surface area contributed by atoms with Crippen molar-refractivity contribution in [3.8, 4) is 0 Å². The maximum absolute atomic E-state index is 12.7. The van der Waals surface area contributed by atoms with Gasteiger partial charge in [0.25, 0.3) is 0 Å². The Morgan fingerprint density at radius 3 is 2.40 bits per heavy atom. The first-order chi connectivity index (χ1) is 14.5. The molecule has 0 aromatic heterocycles. The molecule has 4 rings (SSSR count). The predicted octanol–water partition coefficient (Wildman–Crippen LogP) is 4.31. The van der Waals surface area contributed by atoms with Gasteiger partial charge in [0.15, 0.2) is 0 Å². The summed E-state index contributed by atoms with van der Waals surface area (Å²) in [5.41, 5.74) is 4.55. The molecule has 2 aliphatic rings. The second-order valence-electron chi connectivity index (χ2n) is 8.31. The van der Waals surface area contributed by atoms with Crippen molar-refractivity contribution in [2.75, 3.05) is 18.4 Å². The third-order valence-electron chi connectivity index (χ3n) is 6.19. The lowest BCUT2D eigenvalue weighted by Gasteiger charge is -2.25. The van der Waals surface area contributed by atoms with Crippen molar-refractivity contribution in [2.24, 2.45) is 0 Å². The number of benzene rings is 2. The number of sulfonamides is 1. The summed E-state index contributed by atoms with van der Waals surface area (Å²) in [7, 11) is -3.41. The van der Waals surface area contributed by atoms with Crippen molar-refractivity contribution < 1.29 is 13.2 Å². The monoisotopic (exact) mass is 426 g/mol. The lowest BCUT2D eigenvalue weighted by molar-refractivity contribution is -0.116. The van der Waals surface area contributed by atoms with Gasteiger partial charge < -0.3 is 5.32 Å². The number of nitrogens with one attached hydrogen (secondary N) is 1. The smallest absolute Gasteiger partial charge is 0.243 e. The minimum Gasteiger partial charge on any atom is -0.326 e. The minimum absolute atomic E-state index is 0.000937. The Balaban J connectivity index is 1.35. The number of amides is 1. The Hall–Kier alpha value is -2.18. The number of aryl methyl sites for hydroxylation is 2. The lowest BCUT2D eigenvalue weighted by atomic mass is 9.90. The summed E-state index contributed by atoms with van der Waals surface area (Å²) in [6, 6.07) is 13.2. The van der Waals surface area contributed by atoms with Crippen molar-refractivity contribution in [1.29, 1.82) is 0 Å². The van der Waals surface area contributed by atoms with Crippen LogP contribution in [0.3, 0.4) is 0 Å². The Labute approximate surface area is 179 Å². The normalized spacial score (nSPS) is 17.3. The first-order valence-corrected chi connectivity index (χ1v) is 12.5. The van der Waals surface area contributed by atoms with E-state index in [0.29, 0.717) is 30.8 Å². The average molecular weight is 427 g/mol. The van der Waals surface area contributed by atoms with E-state index in [-0.39, 0.29) is 5.91 Å². The molecule has 0 atom stereocenters. The number of piperidine rings is 1. The van der Waals surface area contributed by atoms with Crippen LogP contribution in [0.2, 0.25) is 0 Å². The van der Waals surface area contributed by atoms with Gasteiger partial charge in [-0.2, -0.15) is 4.31 Å². The van der Waals surface area contributed by atoms with Crippen molar-refractivity contribution in [3.63, 3.8) is 0 Å². The van der Waals surface area contributed by atoms with E-state index in [1.165, 1.54) is 24.0 Å². The highest BCUT2D eigenvalue weighted by molar-refractivity contribution is 7.89. The predicted molar refractivity (Wildman–Crippen MR) is 119 cm³/mol. The molecule has 0 spiro atoms. The van der Waals surface area contributed by atoms with E-state index >= 15 is 0 Å². The highest BCUT2D eigenvalue weighted by atomic mass is 32.2. The van der Waals surface area contributed by atoms with Crippen LogP contribution in [0.25, 0.3) is 0 Å². The molecule has 0 unspecified atom stereocenters. The van der Waals surface area contributed by atoms with Gasteiger partial charge in [-0.25, -0.2) is 8.42 Å². The van der Waals surface area contributed by atoms with Crippen LogP contribution < -0.4 is 5.32 Å². The van der Waals surface area contributed by atoms with E-state index in [1.807, 2.05) is 24.3 Å². The summed E-state index contributed by atoms with van der Waals surface area (Å²) in [6.45, 7) is 1.21. The third-order valence-corrected chi connectivity index (χ3v) is 8.10. The van der Waals surface area contributed by atoms with Gasteiger partial charge in [0, 0.05) is 25.2 Å². The van der Waals surface area contributed by atoms with Crippen LogP contribution in [0.15, 0.2) is 47.4 Å². The number of nitrogens with zero attached hydrogens (tertiary/aromatic N) is 1. The molecule has 1 aliphatic carbocycles. The molecule has 1 N–H and O–H groups in total. The van der Waals surface area contributed by atoms with Gasteiger partial charge in [-0.05, 0) is 79.8 Å². The van der Waals surface area contributed by atoms with Gasteiger partial charge in [-0.15, -0.1) is 0 Å². The summed E-state index contributed by atoms with van der Waals surface area (Å²) in [4.78, 5) is 12.8. The molecule has 0 bridgehead atoms. The molecule has 30 heavy (non-hydrogen) atoms. The largest absolute Gasteiger partial charge is 0.326 e. The van der Waals surface area contributed by atoms with Crippen LogP contribution >= 0.6 is 0 Å². The second kappa shape index (κ2) is 9.31. The van der Waals surface area contributed by atoms with E-state index in [4.69, 9.17) is 0 Å².